The summed E-state index contributed by atoms with van der Waals surface area (Å²) in [5.41, 5.74) is 8.81. The lowest BCUT2D eigenvalue weighted by Gasteiger charge is -2.25. The average molecular weight is 880 g/mol. The van der Waals surface area contributed by atoms with E-state index in [4.69, 9.17) is 0 Å². The van der Waals surface area contributed by atoms with Crippen LogP contribution in [-0.2, 0) is 42.7 Å². The Kier molecular flexibility index (Phi) is 14.5. The number of carbonyl (C=O) groups is 2. The van der Waals surface area contributed by atoms with E-state index in [0.29, 0.717) is 30.8 Å². The van der Waals surface area contributed by atoms with Crippen LogP contribution in [-0.4, -0.2) is 62.2 Å². The Balaban J connectivity index is 1.06. The summed E-state index contributed by atoms with van der Waals surface area (Å²) in [5.74, 6) is -0.154. The molecule has 11 nitrogen and oxygen atoms in total. The quantitative estimate of drug-likeness (QED) is 0.0345. The first-order chi connectivity index (χ1) is 29.4. The van der Waals surface area contributed by atoms with Gasteiger partial charge in [-0.25, -0.2) is 4.21 Å². The van der Waals surface area contributed by atoms with Gasteiger partial charge in [-0.15, -0.1) is 0 Å². The molecule has 13 heteroatoms. The molecule has 3 aromatic rings. The van der Waals surface area contributed by atoms with Gasteiger partial charge in [-0.3, -0.25) is 14.1 Å². The molecule has 6 rings (SSSR count). The Labute approximate surface area is 369 Å². The lowest BCUT2D eigenvalue weighted by atomic mass is 9.77. The monoisotopic (exact) mass is 879 g/mol. The molecule has 3 aromatic carbocycles. The number of hydrogen-bond acceptors (Lipinski definition) is 6. The number of allylic oxidation sites excluding steroid dienone is 8. The van der Waals surface area contributed by atoms with E-state index in [1.807, 2.05) is 98.8 Å². The van der Waals surface area contributed by atoms with Crippen molar-refractivity contribution in [2.75, 3.05) is 23.3 Å². The summed E-state index contributed by atoms with van der Waals surface area (Å²) in [6, 6.07) is 21.1. The maximum atomic E-state index is 13.6. The van der Waals surface area contributed by atoms with Crippen LogP contribution < -0.4 is 15.5 Å². The molecule has 328 valence electrons. The smallest absolute Gasteiger partial charge is 0.271 e. The molecular formula is C49H59N4O7S2+. The van der Waals surface area contributed by atoms with E-state index < -0.39 is 37.3 Å². The molecule has 2 aliphatic heterocycles. The lowest BCUT2D eigenvalue weighted by Crippen LogP contribution is -2.34. The second-order valence-electron chi connectivity index (χ2n) is 17.3. The normalized spacial score (nSPS) is 19.0. The number of nitrogens with zero attached hydrogens (tertiary/aromatic N) is 2. The highest BCUT2D eigenvalue weighted by molar-refractivity contribution is 7.86. The summed E-state index contributed by atoms with van der Waals surface area (Å²) >= 11 is -2.07. The molecule has 0 bridgehead atoms. The summed E-state index contributed by atoms with van der Waals surface area (Å²) in [6.07, 6.45) is 16.2. The third-order valence-electron chi connectivity index (χ3n) is 12.3. The van der Waals surface area contributed by atoms with Gasteiger partial charge in [0.25, 0.3) is 10.1 Å². The van der Waals surface area contributed by atoms with Crippen LogP contribution in [0.4, 0.5) is 11.4 Å². The Morgan fingerprint density at radius 2 is 1.66 bits per heavy atom. The predicted molar refractivity (Wildman–Crippen MR) is 248 cm³/mol. The highest BCUT2D eigenvalue weighted by Gasteiger charge is 2.48. The van der Waals surface area contributed by atoms with Crippen LogP contribution in [0.25, 0.3) is 0 Å². The topological polar surface area (TPSA) is 156 Å². The van der Waals surface area contributed by atoms with Crippen molar-refractivity contribution in [2.45, 2.75) is 102 Å². The largest absolute Gasteiger partial charge is 0.358 e. The van der Waals surface area contributed by atoms with Crippen molar-refractivity contribution in [3.8, 4) is 0 Å². The lowest BCUT2D eigenvalue weighted by molar-refractivity contribution is -0.470. The number of fused-ring (bicyclic) bond motifs is 1. The predicted octanol–water partition coefficient (Wildman–Crippen LogP) is 8.85. The first kappa shape index (κ1) is 46.3. The molecule has 0 fully saturated rings. The van der Waals surface area contributed by atoms with E-state index in [-0.39, 0.29) is 31.2 Å². The molecule has 3 aliphatic rings. The molecule has 2 atom stereocenters. The van der Waals surface area contributed by atoms with Gasteiger partial charge >= 0.3 is 0 Å². The molecule has 4 N–H and O–H groups in total. The first-order valence-corrected chi connectivity index (χ1v) is 23.8. The number of rotatable bonds is 17. The summed E-state index contributed by atoms with van der Waals surface area (Å²) in [7, 11) is -4.27. The molecule has 0 saturated carbocycles. The number of aryl methyl sites for hydroxylation is 2. The van der Waals surface area contributed by atoms with Crippen LogP contribution >= 0.6 is 0 Å². The third kappa shape index (κ3) is 10.5. The zero-order valence-corrected chi connectivity index (χ0v) is 38.1. The maximum Gasteiger partial charge on any atom is 0.271 e. The Morgan fingerprint density at radius 3 is 2.37 bits per heavy atom. The molecular weight excluding hydrogens is 821 g/mol. The number of unbranched alkanes of at least 4 members (excludes halogenated alkanes) is 2. The highest BCUT2D eigenvalue weighted by Crippen LogP contribution is 2.45. The van der Waals surface area contributed by atoms with Crippen LogP contribution in [0.15, 0.2) is 131 Å². The zero-order valence-electron chi connectivity index (χ0n) is 36.5. The number of nitrogens with one attached hydrogen (secondary N) is 2. The van der Waals surface area contributed by atoms with Gasteiger partial charge in [-0.2, -0.15) is 13.0 Å². The van der Waals surface area contributed by atoms with E-state index in [9.17, 15) is 31.3 Å². The fourth-order valence-electron chi connectivity index (χ4n) is 8.58. The molecule has 62 heavy (non-hydrogen) atoms. The average Bonchev–Trinajstić information content (AvgIpc) is 3.60. The van der Waals surface area contributed by atoms with Crippen molar-refractivity contribution in [2.24, 2.45) is 5.41 Å². The highest BCUT2D eigenvalue weighted by atomic mass is 32.2. The molecule has 2 amide bonds. The summed E-state index contributed by atoms with van der Waals surface area (Å²) in [5, 5.41) is 5.37. The fourth-order valence-corrected chi connectivity index (χ4v) is 9.64. The van der Waals surface area contributed by atoms with E-state index in [2.05, 4.69) is 42.9 Å². The van der Waals surface area contributed by atoms with Crippen molar-refractivity contribution in [1.82, 2.24) is 5.32 Å². The maximum absolute atomic E-state index is 13.6. The van der Waals surface area contributed by atoms with Crippen LogP contribution in [0.5, 0.6) is 0 Å². The molecule has 0 radical (unpaired) electrons. The number of carbonyl (C=O) groups excluding carboxylic acids is 2. The van der Waals surface area contributed by atoms with Crippen LogP contribution in [0.2, 0.25) is 0 Å². The van der Waals surface area contributed by atoms with Gasteiger partial charge < -0.3 is 20.1 Å². The zero-order chi connectivity index (χ0) is 44.8. The number of anilines is 2. The van der Waals surface area contributed by atoms with Crippen LogP contribution in [0, 0.1) is 19.3 Å². The van der Waals surface area contributed by atoms with Crippen molar-refractivity contribution < 1.29 is 35.9 Å². The second-order valence-corrected chi connectivity index (χ2v) is 19.9. The van der Waals surface area contributed by atoms with Crippen molar-refractivity contribution in [3.63, 3.8) is 0 Å². The molecule has 0 spiro atoms. The molecule has 2 unspecified atom stereocenters. The summed E-state index contributed by atoms with van der Waals surface area (Å²) in [6.45, 7) is 13.6. The molecule has 0 saturated heterocycles. The van der Waals surface area contributed by atoms with E-state index >= 15 is 0 Å². The number of para-hydroxylation sites is 1. The molecule has 1 aliphatic carbocycles. The van der Waals surface area contributed by atoms with Crippen molar-refractivity contribution in [3.05, 3.63) is 148 Å². The summed E-state index contributed by atoms with van der Waals surface area (Å²) < 4.78 is 57.8. The Bertz CT molecular complexity index is 2550. The van der Waals surface area contributed by atoms with E-state index in [0.717, 1.165) is 69.1 Å². The Morgan fingerprint density at radius 1 is 0.935 bits per heavy atom. The number of benzene rings is 3. The van der Waals surface area contributed by atoms with Gasteiger partial charge in [0.15, 0.2) is 16.8 Å². The van der Waals surface area contributed by atoms with Gasteiger partial charge in [0, 0.05) is 66.0 Å². The van der Waals surface area contributed by atoms with Gasteiger partial charge in [-0.05, 0) is 99.6 Å². The fraction of sp³-hybridized carbons (Fsp3) is 0.367. The summed E-state index contributed by atoms with van der Waals surface area (Å²) in [4.78, 5) is 28.7. The van der Waals surface area contributed by atoms with E-state index in [1.54, 1.807) is 29.2 Å². The number of hydrogen-bond donors (Lipinski definition) is 4. The minimum absolute atomic E-state index is 0.0578. The van der Waals surface area contributed by atoms with E-state index in [1.165, 1.54) is 0 Å². The molecule has 2 heterocycles. The minimum atomic E-state index is -4.27. The first-order valence-electron chi connectivity index (χ1n) is 21.2. The number of amides is 2. The third-order valence-corrected chi connectivity index (χ3v) is 14.1. The van der Waals surface area contributed by atoms with Crippen LogP contribution in [0.3, 0.4) is 0 Å². The van der Waals surface area contributed by atoms with Crippen molar-refractivity contribution in [1.29, 1.82) is 0 Å². The van der Waals surface area contributed by atoms with Gasteiger partial charge in [0.05, 0.1) is 16.9 Å². The van der Waals surface area contributed by atoms with Crippen molar-refractivity contribution >= 4 is 50.1 Å². The standard InChI is InChI=1S/C49H58N4O7S2/c1-34-17-12-14-19-36(34)33-53(42-20-15-13-18-35(42)2)47(55)28-29-50-46(54)23-11-8-16-30-52-43-27-25-38(62(58,59)60)32-40(43)49(5,6)45(52)22-10-7-9-21-44-48(3,4)39-31-37(61(56)57)24-26-41(39)51-44/h7,9-10,12-15,17-22,24-27,31,38H,8,11,16,23,28-30,32-33H2,1-6H3,(H3,50,54,56,57,58,59,60)/p+1. The second kappa shape index (κ2) is 19.5. The SMILES string of the molecule is Cc1ccccc1CN(C(=O)CCNC(=O)CCCCC[N+]1=C(/C=C/C=C/C=C2\Nc3ccc(S(=O)O)cc3C2(C)C)C(C)(C)C2=C1C=CC(S(=O)(=O)O)C2)c1ccccc1C. The molecule has 0 aromatic heterocycles. The van der Waals surface area contributed by atoms with Gasteiger partial charge in [0.1, 0.15) is 11.8 Å². The van der Waals surface area contributed by atoms with Gasteiger partial charge in [0.2, 0.25) is 17.5 Å². The van der Waals surface area contributed by atoms with Gasteiger partial charge in [-0.1, -0.05) is 80.6 Å². The Hall–Kier alpha value is -5.21. The van der Waals surface area contributed by atoms with Crippen LogP contribution in [0.1, 0.15) is 88.5 Å². The minimum Gasteiger partial charge on any atom is -0.358 e.